The fourth-order valence-electron chi connectivity index (χ4n) is 2.11. The second-order valence-corrected chi connectivity index (χ2v) is 8.36. The summed E-state index contributed by atoms with van der Waals surface area (Å²) < 4.78 is 10.1. The van der Waals surface area contributed by atoms with Crippen molar-refractivity contribution >= 4 is 24.1 Å². The molecule has 0 heterocycles. The van der Waals surface area contributed by atoms with Crippen LogP contribution >= 0.6 is 0 Å². The predicted molar refractivity (Wildman–Crippen MR) is 100 cm³/mol. The van der Waals surface area contributed by atoms with E-state index < -0.39 is 47.4 Å². The Morgan fingerprint density at radius 3 is 1.21 bits per heavy atom. The summed E-state index contributed by atoms with van der Waals surface area (Å²) in [7, 11) is 0. The molecule has 4 N–H and O–H groups in total. The van der Waals surface area contributed by atoms with Gasteiger partial charge < -0.3 is 30.3 Å². The number of carboxylic acids is 2. The molecule has 0 saturated heterocycles. The van der Waals surface area contributed by atoms with Crippen molar-refractivity contribution in [2.45, 2.75) is 90.5 Å². The van der Waals surface area contributed by atoms with Gasteiger partial charge in [-0.25, -0.2) is 19.2 Å². The van der Waals surface area contributed by atoms with Gasteiger partial charge in [0, 0.05) is 0 Å². The zero-order valence-electron chi connectivity index (χ0n) is 17.3. The van der Waals surface area contributed by atoms with E-state index in [0.29, 0.717) is 12.8 Å². The summed E-state index contributed by atoms with van der Waals surface area (Å²) in [5.74, 6) is -2.43. The molecule has 162 valence electrons. The van der Waals surface area contributed by atoms with E-state index in [4.69, 9.17) is 9.47 Å². The van der Waals surface area contributed by atoms with Crippen molar-refractivity contribution < 1.29 is 38.9 Å². The average Bonchev–Trinajstić information content (AvgIpc) is 2.44. The first-order valence-corrected chi connectivity index (χ1v) is 9.05. The summed E-state index contributed by atoms with van der Waals surface area (Å²) in [5.41, 5.74) is -1.51. The molecule has 2 amide bonds. The van der Waals surface area contributed by atoms with Gasteiger partial charge in [0.25, 0.3) is 0 Å². The van der Waals surface area contributed by atoms with Crippen LogP contribution in [0.25, 0.3) is 0 Å². The van der Waals surface area contributed by atoms with Crippen LogP contribution in [0.15, 0.2) is 0 Å². The largest absolute Gasteiger partial charge is 0.480 e. The van der Waals surface area contributed by atoms with Gasteiger partial charge in [0.15, 0.2) is 0 Å². The van der Waals surface area contributed by atoms with Gasteiger partial charge in [-0.15, -0.1) is 0 Å². The maximum Gasteiger partial charge on any atom is 0.408 e. The summed E-state index contributed by atoms with van der Waals surface area (Å²) >= 11 is 0. The molecule has 0 radical (unpaired) electrons. The highest BCUT2D eigenvalue weighted by Crippen LogP contribution is 2.11. The molecule has 2 atom stereocenters. The van der Waals surface area contributed by atoms with Gasteiger partial charge in [-0.1, -0.05) is 12.8 Å². The Balaban J connectivity index is 4.51. The van der Waals surface area contributed by atoms with Gasteiger partial charge in [-0.05, 0) is 54.4 Å². The van der Waals surface area contributed by atoms with Gasteiger partial charge in [-0.2, -0.15) is 0 Å². The number of carbonyl (C=O) groups is 4. The SMILES string of the molecule is CC(C)(C)OC(=O)NC(CCCCC(NC(=O)OC(C)(C)C)C(=O)O)C(=O)O. The lowest BCUT2D eigenvalue weighted by molar-refractivity contribution is -0.140. The average molecular weight is 404 g/mol. The van der Waals surface area contributed by atoms with Crippen LogP contribution < -0.4 is 10.6 Å². The minimum absolute atomic E-state index is 0.0906. The lowest BCUT2D eigenvalue weighted by atomic mass is 10.0. The summed E-state index contributed by atoms with van der Waals surface area (Å²) in [5, 5.41) is 23.0. The van der Waals surface area contributed by atoms with E-state index in [1.165, 1.54) is 0 Å². The molecule has 10 nitrogen and oxygen atoms in total. The maximum absolute atomic E-state index is 11.7. The molecule has 0 aromatic carbocycles. The zero-order chi connectivity index (χ0) is 22.1. The first-order chi connectivity index (χ1) is 12.6. The number of carbonyl (C=O) groups excluding carboxylic acids is 2. The van der Waals surface area contributed by atoms with Gasteiger partial charge in [0.1, 0.15) is 23.3 Å². The lowest BCUT2D eigenvalue weighted by Crippen LogP contribution is -2.44. The summed E-state index contributed by atoms with van der Waals surface area (Å²) in [4.78, 5) is 46.0. The number of alkyl carbamates (subject to hydrolysis) is 2. The highest BCUT2D eigenvalue weighted by Gasteiger charge is 2.25. The molecule has 0 aromatic heterocycles. The van der Waals surface area contributed by atoms with Crippen molar-refractivity contribution in [3.63, 3.8) is 0 Å². The number of carboxylic acid groups (broad SMARTS) is 2. The van der Waals surface area contributed by atoms with Crippen LogP contribution in [-0.2, 0) is 19.1 Å². The smallest absolute Gasteiger partial charge is 0.408 e. The number of hydrogen-bond acceptors (Lipinski definition) is 6. The fraction of sp³-hybridized carbons (Fsp3) is 0.778. The lowest BCUT2D eigenvalue weighted by Gasteiger charge is -2.22. The fourth-order valence-corrected chi connectivity index (χ4v) is 2.11. The van der Waals surface area contributed by atoms with Gasteiger partial charge >= 0.3 is 24.1 Å². The van der Waals surface area contributed by atoms with E-state index in [2.05, 4.69) is 10.6 Å². The molecule has 10 heteroatoms. The van der Waals surface area contributed by atoms with E-state index >= 15 is 0 Å². The number of amides is 2. The third-order valence-electron chi connectivity index (χ3n) is 3.21. The Morgan fingerprint density at radius 2 is 1.00 bits per heavy atom. The molecular weight excluding hydrogens is 372 g/mol. The number of nitrogens with one attached hydrogen (secondary N) is 2. The van der Waals surface area contributed by atoms with Gasteiger partial charge in [-0.3, -0.25) is 0 Å². The first kappa shape index (κ1) is 25.5. The molecular formula is C18H32N2O8. The van der Waals surface area contributed by atoms with Crippen LogP contribution in [0.3, 0.4) is 0 Å². The Hall–Kier alpha value is -2.52. The van der Waals surface area contributed by atoms with Gasteiger partial charge in [0.05, 0.1) is 0 Å². The molecule has 2 unspecified atom stereocenters. The van der Waals surface area contributed by atoms with Crippen LogP contribution in [-0.4, -0.2) is 57.6 Å². The molecule has 0 spiro atoms. The molecule has 0 rings (SSSR count). The molecule has 0 fully saturated rings. The quantitative estimate of drug-likeness (QED) is 0.428. The predicted octanol–water partition coefficient (Wildman–Crippen LogP) is 2.50. The molecule has 0 aromatic rings. The van der Waals surface area contributed by atoms with Crippen molar-refractivity contribution in [1.29, 1.82) is 0 Å². The third-order valence-corrected chi connectivity index (χ3v) is 3.21. The van der Waals surface area contributed by atoms with Crippen molar-refractivity contribution in [2.24, 2.45) is 0 Å². The number of hydrogen-bond donors (Lipinski definition) is 4. The Morgan fingerprint density at radius 1 is 0.714 bits per heavy atom. The van der Waals surface area contributed by atoms with Crippen LogP contribution in [0.5, 0.6) is 0 Å². The molecule has 0 bridgehead atoms. The van der Waals surface area contributed by atoms with E-state index in [0.717, 1.165) is 0 Å². The number of ether oxygens (including phenoxy) is 2. The topological polar surface area (TPSA) is 151 Å². The monoisotopic (exact) mass is 404 g/mol. The molecule has 0 aliphatic rings. The van der Waals surface area contributed by atoms with E-state index in [1.807, 2.05) is 0 Å². The molecule has 0 saturated carbocycles. The van der Waals surface area contributed by atoms with Crippen molar-refractivity contribution in [2.75, 3.05) is 0 Å². The second-order valence-electron chi connectivity index (χ2n) is 8.36. The van der Waals surface area contributed by atoms with E-state index in [1.54, 1.807) is 41.5 Å². The Kier molecular flexibility index (Phi) is 9.76. The normalized spacial score (nSPS) is 13.8. The summed E-state index contributed by atoms with van der Waals surface area (Å²) in [6, 6.07) is -2.31. The molecule has 0 aliphatic carbocycles. The van der Waals surface area contributed by atoms with Crippen LogP contribution in [0.2, 0.25) is 0 Å². The van der Waals surface area contributed by atoms with Crippen molar-refractivity contribution in [3.8, 4) is 0 Å². The molecule has 0 aliphatic heterocycles. The second kappa shape index (κ2) is 10.7. The summed E-state index contributed by atoms with van der Waals surface area (Å²) in [6.07, 6.45) is -0.843. The van der Waals surface area contributed by atoms with Crippen molar-refractivity contribution in [3.05, 3.63) is 0 Å². The minimum atomic E-state index is -1.22. The maximum atomic E-state index is 11.7. The summed E-state index contributed by atoms with van der Waals surface area (Å²) in [6.45, 7) is 9.95. The standard InChI is InChI=1S/C18H32N2O8/c1-17(2,3)27-15(25)19-11(13(21)22)9-7-8-10-12(14(23)24)20-16(26)28-18(4,5)6/h11-12H,7-10H2,1-6H3,(H,19,25)(H,20,26)(H,21,22)(H,23,24). The van der Waals surface area contributed by atoms with Crippen LogP contribution in [0.1, 0.15) is 67.2 Å². The molecule has 28 heavy (non-hydrogen) atoms. The third kappa shape index (κ3) is 12.8. The van der Waals surface area contributed by atoms with Crippen LogP contribution in [0.4, 0.5) is 9.59 Å². The number of aliphatic carboxylic acids is 2. The number of unbranched alkanes of at least 4 members (excludes halogenated alkanes) is 1. The van der Waals surface area contributed by atoms with Crippen LogP contribution in [0, 0.1) is 0 Å². The van der Waals surface area contributed by atoms with E-state index in [9.17, 15) is 29.4 Å². The highest BCUT2D eigenvalue weighted by molar-refractivity contribution is 5.80. The Labute approximate surface area is 165 Å². The minimum Gasteiger partial charge on any atom is -0.480 e. The highest BCUT2D eigenvalue weighted by atomic mass is 16.6. The van der Waals surface area contributed by atoms with E-state index in [-0.39, 0.29) is 12.8 Å². The number of rotatable bonds is 9. The van der Waals surface area contributed by atoms with Crippen molar-refractivity contribution in [1.82, 2.24) is 10.6 Å². The first-order valence-electron chi connectivity index (χ1n) is 9.05. The van der Waals surface area contributed by atoms with Gasteiger partial charge in [0.2, 0.25) is 0 Å². The zero-order valence-corrected chi connectivity index (χ0v) is 17.3. The Bertz CT molecular complexity index is 513.